The average molecular weight is 376 g/mol. The van der Waals surface area contributed by atoms with Crippen molar-refractivity contribution in [2.45, 2.75) is 30.3 Å². The monoisotopic (exact) mass is 376 g/mol. The number of esters is 1. The summed E-state index contributed by atoms with van der Waals surface area (Å²) >= 11 is 0. The molecule has 0 saturated carbocycles. The Morgan fingerprint density at radius 3 is 2.38 bits per heavy atom. The van der Waals surface area contributed by atoms with E-state index in [2.05, 4.69) is 4.98 Å². The van der Waals surface area contributed by atoms with Crippen LogP contribution in [-0.4, -0.2) is 41.9 Å². The van der Waals surface area contributed by atoms with Crippen molar-refractivity contribution in [3.8, 4) is 5.75 Å². The number of carbonyl (C=O) groups excluding carboxylic acids is 1. The van der Waals surface area contributed by atoms with Crippen LogP contribution in [0, 0.1) is 0 Å². The van der Waals surface area contributed by atoms with Crippen molar-refractivity contribution >= 4 is 16.0 Å². The summed E-state index contributed by atoms with van der Waals surface area (Å²) in [5.74, 6) is -0.174. The summed E-state index contributed by atoms with van der Waals surface area (Å²) in [6.07, 6.45) is 3.83. The van der Waals surface area contributed by atoms with E-state index in [0.717, 1.165) is 0 Å². The summed E-state index contributed by atoms with van der Waals surface area (Å²) in [6, 6.07) is 9.27. The Hall–Kier alpha value is -2.29. The Morgan fingerprint density at radius 2 is 1.85 bits per heavy atom. The van der Waals surface area contributed by atoms with Crippen LogP contribution >= 0.6 is 0 Å². The summed E-state index contributed by atoms with van der Waals surface area (Å²) in [7, 11) is -3.67. The van der Waals surface area contributed by atoms with Crippen molar-refractivity contribution in [2.75, 3.05) is 13.1 Å². The van der Waals surface area contributed by atoms with Gasteiger partial charge in [-0.1, -0.05) is 6.07 Å². The van der Waals surface area contributed by atoms with Gasteiger partial charge in [-0.3, -0.25) is 9.78 Å². The first-order valence-corrected chi connectivity index (χ1v) is 9.67. The zero-order chi connectivity index (χ0) is 18.8. The van der Waals surface area contributed by atoms with Crippen molar-refractivity contribution in [2.24, 2.45) is 0 Å². The van der Waals surface area contributed by atoms with Gasteiger partial charge in [0.2, 0.25) is 10.0 Å². The average Bonchev–Trinajstić information content (AvgIpc) is 2.63. The highest BCUT2D eigenvalue weighted by Gasteiger charge is 2.38. The van der Waals surface area contributed by atoms with Crippen LogP contribution in [0.4, 0.5) is 0 Å². The summed E-state index contributed by atoms with van der Waals surface area (Å²) < 4.78 is 31.9. The van der Waals surface area contributed by atoms with Crippen LogP contribution in [0.1, 0.15) is 25.3 Å². The summed E-state index contributed by atoms with van der Waals surface area (Å²) in [5, 5.41) is 10.8. The lowest BCUT2D eigenvalue weighted by Crippen LogP contribution is -2.45. The van der Waals surface area contributed by atoms with Gasteiger partial charge >= 0.3 is 5.97 Å². The molecule has 26 heavy (non-hydrogen) atoms. The molecule has 1 N–H and O–H groups in total. The van der Waals surface area contributed by atoms with Gasteiger partial charge in [0.05, 0.1) is 10.5 Å². The molecule has 8 heteroatoms. The zero-order valence-corrected chi connectivity index (χ0v) is 15.1. The third kappa shape index (κ3) is 3.77. The van der Waals surface area contributed by atoms with Gasteiger partial charge in [0.15, 0.2) is 0 Å². The standard InChI is InChI=1S/C18H20N2O5S/c1-14(21)25-16-4-6-17(7-5-16)26(23,24)20-11-8-18(22,9-12-20)15-3-2-10-19-13-15/h2-7,10,13,22H,8-9,11-12H2,1H3. The van der Waals surface area contributed by atoms with Crippen molar-refractivity contribution < 1.29 is 23.1 Å². The molecule has 1 aliphatic heterocycles. The van der Waals surface area contributed by atoms with E-state index in [1.807, 2.05) is 0 Å². The topological polar surface area (TPSA) is 96.8 Å². The van der Waals surface area contributed by atoms with Crippen molar-refractivity contribution in [3.05, 3.63) is 54.4 Å². The summed E-state index contributed by atoms with van der Waals surface area (Å²) in [4.78, 5) is 15.1. The first kappa shape index (κ1) is 18.5. The van der Waals surface area contributed by atoms with Gasteiger partial charge in [-0.2, -0.15) is 4.31 Å². The molecule has 1 fully saturated rings. The molecule has 2 aromatic rings. The molecule has 1 aromatic heterocycles. The minimum absolute atomic E-state index is 0.125. The van der Waals surface area contributed by atoms with Gasteiger partial charge in [0.25, 0.3) is 0 Å². The van der Waals surface area contributed by atoms with Crippen LogP contribution in [-0.2, 0) is 20.4 Å². The molecule has 138 valence electrons. The van der Waals surface area contributed by atoms with Crippen LogP contribution < -0.4 is 4.74 Å². The van der Waals surface area contributed by atoms with Gasteiger partial charge in [-0.15, -0.1) is 0 Å². The molecule has 1 saturated heterocycles. The quantitative estimate of drug-likeness (QED) is 0.644. The maximum Gasteiger partial charge on any atom is 0.308 e. The van der Waals surface area contributed by atoms with E-state index < -0.39 is 21.6 Å². The van der Waals surface area contributed by atoms with Crippen LogP contribution in [0.15, 0.2) is 53.7 Å². The fraction of sp³-hybridized carbons (Fsp3) is 0.333. The highest BCUT2D eigenvalue weighted by molar-refractivity contribution is 7.89. The summed E-state index contributed by atoms with van der Waals surface area (Å²) in [5.41, 5.74) is -0.373. The van der Waals surface area contributed by atoms with Crippen LogP contribution in [0.3, 0.4) is 0 Å². The number of piperidine rings is 1. The predicted molar refractivity (Wildman–Crippen MR) is 93.9 cm³/mol. The maximum atomic E-state index is 12.8. The SMILES string of the molecule is CC(=O)Oc1ccc(S(=O)(=O)N2CCC(O)(c3cccnc3)CC2)cc1. The molecule has 0 amide bonds. The van der Waals surface area contributed by atoms with E-state index in [-0.39, 0.29) is 18.0 Å². The van der Waals surface area contributed by atoms with Gasteiger partial charge < -0.3 is 9.84 Å². The normalized spacial score (nSPS) is 17.6. The number of hydrogen-bond acceptors (Lipinski definition) is 6. The number of carbonyl (C=O) groups is 1. The first-order chi connectivity index (χ1) is 12.3. The molecule has 1 aromatic carbocycles. The number of nitrogens with zero attached hydrogens (tertiary/aromatic N) is 2. The number of rotatable bonds is 4. The maximum absolute atomic E-state index is 12.8. The van der Waals surface area contributed by atoms with Gasteiger partial charge in [-0.25, -0.2) is 8.42 Å². The van der Waals surface area contributed by atoms with Crippen LogP contribution in [0.25, 0.3) is 0 Å². The largest absolute Gasteiger partial charge is 0.427 e. The van der Waals surface area contributed by atoms with Crippen LogP contribution in [0.5, 0.6) is 5.75 Å². The number of sulfonamides is 1. The molecule has 0 bridgehead atoms. The molecule has 0 unspecified atom stereocenters. The van der Waals surface area contributed by atoms with E-state index in [1.54, 1.807) is 24.5 Å². The smallest absolute Gasteiger partial charge is 0.308 e. The third-order valence-corrected chi connectivity index (χ3v) is 6.38. The minimum Gasteiger partial charge on any atom is -0.427 e. The molecule has 7 nitrogen and oxygen atoms in total. The highest BCUT2D eigenvalue weighted by Crippen LogP contribution is 2.34. The molecule has 0 atom stereocenters. The van der Waals surface area contributed by atoms with E-state index in [1.165, 1.54) is 35.5 Å². The molecular weight excluding hydrogens is 356 g/mol. The Labute approximate surface area is 152 Å². The fourth-order valence-electron chi connectivity index (χ4n) is 3.02. The lowest BCUT2D eigenvalue weighted by molar-refractivity contribution is -0.131. The summed E-state index contributed by atoms with van der Waals surface area (Å²) in [6.45, 7) is 1.70. The minimum atomic E-state index is -3.67. The van der Waals surface area contributed by atoms with Crippen molar-refractivity contribution in [1.82, 2.24) is 9.29 Å². The highest BCUT2D eigenvalue weighted by atomic mass is 32.2. The molecule has 2 heterocycles. The van der Waals surface area contributed by atoms with Crippen molar-refractivity contribution in [3.63, 3.8) is 0 Å². The van der Waals surface area contributed by atoms with Gasteiger partial charge in [0.1, 0.15) is 5.75 Å². The van der Waals surface area contributed by atoms with E-state index in [9.17, 15) is 18.3 Å². The first-order valence-electron chi connectivity index (χ1n) is 8.23. The van der Waals surface area contributed by atoms with Gasteiger partial charge in [-0.05, 0) is 43.2 Å². The Morgan fingerprint density at radius 1 is 1.19 bits per heavy atom. The number of ether oxygens (including phenoxy) is 1. The lowest BCUT2D eigenvalue weighted by Gasteiger charge is -2.37. The van der Waals surface area contributed by atoms with Crippen molar-refractivity contribution in [1.29, 1.82) is 0 Å². The predicted octanol–water partition coefficient (Wildman–Crippen LogP) is 1.68. The molecule has 0 aliphatic carbocycles. The van der Waals surface area contributed by atoms with Crippen LogP contribution in [0.2, 0.25) is 0 Å². The second-order valence-electron chi connectivity index (χ2n) is 6.24. The van der Waals surface area contributed by atoms with Gasteiger partial charge in [0, 0.05) is 38.0 Å². The Bertz CT molecular complexity index is 874. The van der Waals surface area contributed by atoms with E-state index in [4.69, 9.17) is 4.74 Å². The third-order valence-electron chi connectivity index (χ3n) is 4.47. The number of aliphatic hydroxyl groups is 1. The molecule has 3 rings (SSSR count). The Kier molecular flexibility index (Phi) is 5.08. The number of benzene rings is 1. The molecule has 0 spiro atoms. The number of pyridine rings is 1. The van der Waals surface area contributed by atoms with E-state index in [0.29, 0.717) is 24.2 Å². The zero-order valence-electron chi connectivity index (χ0n) is 14.3. The van der Waals surface area contributed by atoms with E-state index >= 15 is 0 Å². The fourth-order valence-corrected chi connectivity index (χ4v) is 4.46. The molecule has 0 radical (unpaired) electrons. The second-order valence-corrected chi connectivity index (χ2v) is 8.18. The number of aromatic nitrogens is 1. The Balaban J connectivity index is 1.73. The molecule has 1 aliphatic rings. The molecular formula is C18H20N2O5S. The second kappa shape index (κ2) is 7.14. The lowest BCUT2D eigenvalue weighted by atomic mass is 9.86. The number of hydrogen-bond donors (Lipinski definition) is 1.